The van der Waals surface area contributed by atoms with Gasteiger partial charge in [0, 0.05) is 13.2 Å². The third kappa shape index (κ3) is 3.93. The Hall–Kier alpha value is -3.17. The van der Waals surface area contributed by atoms with Gasteiger partial charge in [0.25, 0.3) is 5.91 Å². The number of anilines is 3. The Balaban J connectivity index is 2.31. The molecule has 0 bridgehead atoms. The molecule has 10 nitrogen and oxygen atoms in total. The minimum absolute atomic E-state index is 0.0217. The van der Waals surface area contributed by atoms with E-state index in [-0.39, 0.29) is 11.5 Å². The van der Waals surface area contributed by atoms with Crippen LogP contribution >= 0.6 is 0 Å². The fourth-order valence-electron chi connectivity index (χ4n) is 1.90. The molecular weight excluding hydrogens is 300 g/mol. The number of carbonyl (C=O) groups is 2. The van der Waals surface area contributed by atoms with Gasteiger partial charge in [0.05, 0.1) is 18.1 Å². The highest BCUT2D eigenvalue weighted by molar-refractivity contribution is 5.96. The van der Waals surface area contributed by atoms with Crippen LogP contribution in [-0.4, -0.2) is 37.6 Å². The normalized spacial score (nSPS) is 11.7. The maximum absolute atomic E-state index is 11.5. The number of hydrogen-bond donors (Lipinski definition) is 4. The van der Waals surface area contributed by atoms with Crippen molar-refractivity contribution in [1.29, 1.82) is 0 Å². The maximum atomic E-state index is 11.5. The number of primary amides is 2. The lowest BCUT2D eigenvalue weighted by Crippen LogP contribution is -2.35. The Kier molecular flexibility index (Phi) is 4.74. The third-order valence-electron chi connectivity index (χ3n) is 3.05. The zero-order valence-corrected chi connectivity index (χ0v) is 12.8. The molecule has 0 unspecified atom stereocenters. The van der Waals surface area contributed by atoms with Gasteiger partial charge in [0.1, 0.15) is 11.9 Å². The molecule has 0 spiro atoms. The standard InChI is InChI=1S/C13H18N8O2/c1-3-8(11(14)22)19-9-5-16-10(12(15)23)13(20-9)18-7-4-17-21(2)6-7/h4-6,8H,3H2,1-2H3,(H2,14,22)(H2,15,23)(H2,18,19,20)/t8-/m1/s1. The summed E-state index contributed by atoms with van der Waals surface area (Å²) in [5.41, 5.74) is 11.2. The molecule has 0 fully saturated rings. The summed E-state index contributed by atoms with van der Waals surface area (Å²) in [7, 11) is 1.75. The van der Waals surface area contributed by atoms with Crippen LogP contribution < -0.4 is 22.1 Å². The minimum Gasteiger partial charge on any atom is -0.368 e. The first-order chi connectivity index (χ1) is 10.9. The van der Waals surface area contributed by atoms with Crippen LogP contribution in [0.25, 0.3) is 0 Å². The molecule has 122 valence electrons. The molecule has 2 aromatic heterocycles. The third-order valence-corrected chi connectivity index (χ3v) is 3.05. The number of nitrogens with two attached hydrogens (primary N) is 2. The molecule has 2 amide bonds. The Morgan fingerprint density at radius 3 is 2.61 bits per heavy atom. The summed E-state index contributed by atoms with van der Waals surface area (Å²) < 4.78 is 1.59. The largest absolute Gasteiger partial charge is 0.368 e. The SMILES string of the molecule is CC[C@@H](Nc1cnc(C(N)=O)c(Nc2cnn(C)c2)n1)C(N)=O. The van der Waals surface area contributed by atoms with E-state index in [4.69, 9.17) is 11.5 Å². The molecule has 0 aromatic carbocycles. The lowest BCUT2D eigenvalue weighted by molar-refractivity contribution is -0.118. The van der Waals surface area contributed by atoms with Crippen molar-refractivity contribution in [2.24, 2.45) is 18.5 Å². The molecule has 0 aliphatic rings. The van der Waals surface area contributed by atoms with Crippen molar-refractivity contribution in [1.82, 2.24) is 19.7 Å². The van der Waals surface area contributed by atoms with Crippen LogP contribution in [0.1, 0.15) is 23.8 Å². The number of aryl methyl sites for hydroxylation is 1. The Labute approximate surface area is 132 Å². The molecule has 0 saturated carbocycles. The Morgan fingerprint density at radius 1 is 1.35 bits per heavy atom. The number of rotatable bonds is 7. The van der Waals surface area contributed by atoms with Gasteiger partial charge in [-0.15, -0.1) is 0 Å². The zero-order chi connectivity index (χ0) is 17.0. The Bertz CT molecular complexity index is 727. The maximum Gasteiger partial charge on any atom is 0.271 e. The van der Waals surface area contributed by atoms with Gasteiger partial charge in [-0.3, -0.25) is 14.3 Å². The summed E-state index contributed by atoms with van der Waals surface area (Å²) in [6.45, 7) is 1.81. The van der Waals surface area contributed by atoms with E-state index in [9.17, 15) is 9.59 Å². The van der Waals surface area contributed by atoms with Crippen LogP contribution in [0.5, 0.6) is 0 Å². The molecule has 23 heavy (non-hydrogen) atoms. The fourth-order valence-corrected chi connectivity index (χ4v) is 1.90. The predicted octanol–water partition coefficient (Wildman–Crippen LogP) is -0.272. The van der Waals surface area contributed by atoms with Gasteiger partial charge in [-0.1, -0.05) is 6.92 Å². The van der Waals surface area contributed by atoms with E-state index in [2.05, 4.69) is 25.7 Å². The van der Waals surface area contributed by atoms with E-state index in [1.54, 1.807) is 24.1 Å². The van der Waals surface area contributed by atoms with Gasteiger partial charge in [0.2, 0.25) is 5.91 Å². The van der Waals surface area contributed by atoms with Crippen LogP contribution in [0, 0.1) is 0 Å². The first-order valence-corrected chi connectivity index (χ1v) is 6.89. The van der Waals surface area contributed by atoms with E-state index in [0.29, 0.717) is 17.9 Å². The molecule has 0 aliphatic heterocycles. The van der Waals surface area contributed by atoms with Crippen LogP contribution in [0.15, 0.2) is 18.6 Å². The van der Waals surface area contributed by atoms with Gasteiger partial charge >= 0.3 is 0 Å². The van der Waals surface area contributed by atoms with Crippen molar-refractivity contribution in [2.75, 3.05) is 10.6 Å². The zero-order valence-electron chi connectivity index (χ0n) is 12.8. The van der Waals surface area contributed by atoms with Crippen LogP contribution in [0.4, 0.5) is 17.3 Å². The monoisotopic (exact) mass is 318 g/mol. The highest BCUT2D eigenvalue weighted by Crippen LogP contribution is 2.19. The van der Waals surface area contributed by atoms with E-state index >= 15 is 0 Å². The summed E-state index contributed by atoms with van der Waals surface area (Å²) in [6.07, 6.45) is 5.07. The fraction of sp³-hybridized carbons (Fsp3) is 0.308. The molecular formula is C13H18N8O2. The Morgan fingerprint density at radius 2 is 2.09 bits per heavy atom. The summed E-state index contributed by atoms with van der Waals surface area (Å²) in [6, 6.07) is -0.588. The second-order valence-electron chi connectivity index (χ2n) is 4.85. The lowest BCUT2D eigenvalue weighted by atomic mass is 10.2. The summed E-state index contributed by atoms with van der Waals surface area (Å²) >= 11 is 0. The van der Waals surface area contributed by atoms with Crippen molar-refractivity contribution >= 4 is 29.1 Å². The summed E-state index contributed by atoms with van der Waals surface area (Å²) in [5.74, 6) is -0.769. The number of amides is 2. The lowest BCUT2D eigenvalue weighted by Gasteiger charge is -2.15. The second-order valence-corrected chi connectivity index (χ2v) is 4.85. The quantitative estimate of drug-likeness (QED) is 0.547. The number of nitrogens with zero attached hydrogens (tertiary/aromatic N) is 4. The number of aromatic nitrogens is 4. The van der Waals surface area contributed by atoms with Gasteiger partial charge in [-0.25, -0.2) is 9.97 Å². The van der Waals surface area contributed by atoms with Crippen molar-refractivity contribution in [3.8, 4) is 0 Å². The first-order valence-electron chi connectivity index (χ1n) is 6.89. The molecule has 2 aromatic rings. The predicted molar refractivity (Wildman–Crippen MR) is 83.9 cm³/mol. The molecule has 1 atom stereocenters. The average Bonchev–Trinajstić information content (AvgIpc) is 2.89. The van der Waals surface area contributed by atoms with Crippen LogP contribution in [-0.2, 0) is 11.8 Å². The van der Waals surface area contributed by atoms with E-state index in [1.165, 1.54) is 6.20 Å². The molecule has 6 N–H and O–H groups in total. The molecule has 0 saturated heterocycles. The van der Waals surface area contributed by atoms with Gasteiger partial charge < -0.3 is 22.1 Å². The van der Waals surface area contributed by atoms with E-state index in [1.807, 2.05) is 6.92 Å². The number of hydrogen-bond acceptors (Lipinski definition) is 7. The summed E-state index contributed by atoms with van der Waals surface area (Å²) in [4.78, 5) is 31.0. The molecule has 2 heterocycles. The highest BCUT2D eigenvalue weighted by Gasteiger charge is 2.17. The average molecular weight is 318 g/mol. The number of nitrogens with one attached hydrogen (secondary N) is 2. The van der Waals surface area contributed by atoms with Gasteiger partial charge in [-0.05, 0) is 6.42 Å². The van der Waals surface area contributed by atoms with Crippen LogP contribution in [0.3, 0.4) is 0 Å². The van der Waals surface area contributed by atoms with Crippen LogP contribution in [0.2, 0.25) is 0 Å². The van der Waals surface area contributed by atoms with Crippen molar-refractivity contribution in [2.45, 2.75) is 19.4 Å². The van der Waals surface area contributed by atoms with Crippen molar-refractivity contribution < 1.29 is 9.59 Å². The second kappa shape index (κ2) is 6.73. The molecule has 10 heteroatoms. The van der Waals surface area contributed by atoms with Gasteiger partial charge in [0.15, 0.2) is 11.5 Å². The van der Waals surface area contributed by atoms with Gasteiger partial charge in [-0.2, -0.15) is 5.10 Å². The molecule has 2 rings (SSSR count). The first kappa shape index (κ1) is 16.2. The van der Waals surface area contributed by atoms with Crippen molar-refractivity contribution in [3.63, 3.8) is 0 Å². The molecule has 0 radical (unpaired) electrons. The minimum atomic E-state index is -0.725. The highest BCUT2D eigenvalue weighted by atomic mass is 16.1. The number of carbonyl (C=O) groups excluding carboxylic acids is 2. The molecule has 0 aliphatic carbocycles. The topological polar surface area (TPSA) is 154 Å². The van der Waals surface area contributed by atoms with E-state index < -0.39 is 17.9 Å². The summed E-state index contributed by atoms with van der Waals surface area (Å²) in [5, 5.41) is 9.79. The smallest absolute Gasteiger partial charge is 0.271 e. The van der Waals surface area contributed by atoms with Crippen molar-refractivity contribution in [3.05, 3.63) is 24.3 Å². The van der Waals surface area contributed by atoms with E-state index in [0.717, 1.165) is 0 Å².